The van der Waals surface area contributed by atoms with E-state index in [0.717, 1.165) is 0 Å². The van der Waals surface area contributed by atoms with Gasteiger partial charge in [-0.1, -0.05) is 0 Å². The van der Waals surface area contributed by atoms with Gasteiger partial charge in [0.25, 0.3) is 0 Å². The summed E-state index contributed by atoms with van der Waals surface area (Å²) in [6, 6.07) is 0. The first kappa shape index (κ1) is 41.8. The van der Waals surface area contributed by atoms with Gasteiger partial charge in [-0.2, -0.15) is 0 Å². The van der Waals surface area contributed by atoms with Crippen molar-refractivity contribution in [3.05, 3.63) is 0 Å². The zero-order chi connectivity index (χ0) is 0. The van der Waals surface area contributed by atoms with E-state index in [1.807, 2.05) is 0 Å². The summed E-state index contributed by atoms with van der Waals surface area (Å²) in [5.74, 6) is 0. The van der Waals surface area contributed by atoms with Gasteiger partial charge in [-0.3, -0.25) is 0 Å². The molecule has 0 spiro atoms. The molecule has 0 saturated carbocycles. The van der Waals surface area contributed by atoms with Crippen molar-refractivity contribution in [1.82, 2.24) is 0 Å². The maximum absolute atomic E-state index is 0. The summed E-state index contributed by atoms with van der Waals surface area (Å²) < 4.78 is 0. The van der Waals surface area contributed by atoms with E-state index in [-0.39, 0.29) is 164 Å². The molecule has 0 aromatic carbocycles. The molecular weight excluding hydrogens is 1240 g/mol. The van der Waals surface area contributed by atoms with Crippen LogP contribution in [0.15, 0.2) is 0 Å². The van der Waals surface area contributed by atoms with Gasteiger partial charge in [0.05, 0.1) is 0 Å². The molecule has 0 aromatic rings. The van der Waals surface area contributed by atoms with Crippen molar-refractivity contribution in [1.29, 1.82) is 0 Å². The second-order valence-corrected chi connectivity index (χ2v) is 0. The summed E-state index contributed by atoms with van der Waals surface area (Å²) in [5.41, 5.74) is 0. The molecule has 36 valence electrons. The fourth-order valence-corrected chi connectivity index (χ4v) is 0. The Morgan fingerprint density at radius 3 is 0.167 bits per heavy atom. The summed E-state index contributed by atoms with van der Waals surface area (Å²) in [5, 5.41) is 0. The van der Waals surface area contributed by atoms with E-state index in [1.165, 1.54) is 0 Å². The van der Waals surface area contributed by atoms with Crippen LogP contribution >= 0.6 is 0 Å². The van der Waals surface area contributed by atoms with Crippen molar-refractivity contribution in [2.24, 2.45) is 0 Å². The molecule has 6 heavy (non-hydrogen) atoms. The molecule has 0 unspecified atom stereocenters. The fraction of sp³-hybridized carbons (Fsp3) is 0. The van der Waals surface area contributed by atoms with Gasteiger partial charge < -0.3 is 0 Å². The van der Waals surface area contributed by atoms with Crippen LogP contribution in [0.1, 0.15) is 0 Å². The molecule has 6 heteroatoms. The molecule has 0 saturated heterocycles. The van der Waals surface area contributed by atoms with Crippen LogP contribution in [0.5, 0.6) is 0 Å². The monoisotopic (exact) mass is 1260 g/mol. The third kappa shape index (κ3) is 22.7. The summed E-state index contributed by atoms with van der Waals surface area (Å²) in [7, 11) is 0. The third-order valence-corrected chi connectivity index (χ3v) is 0. The Bertz CT molecular complexity index is 0. The topological polar surface area (TPSA) is 0 Å². The molecule has 0 aliphatic rings. The van der Waals surface area contributed by atoms with Crippen LogP contribution in [0.2, 0.25) is 0 Å². The Balaban J connectivity index is 0. The number of hydrogen-bond acceptors (Lipinski definition) is 0. The predicted octanol–water partition coefficient (Wildman–Crippen LogP) is -5.50. The summed E-state index contributed by atoms with van der Waals surface area (Å²) in [6.07, 6.45) is 0. The van der Waals surface area contributed by atoms with Crippen LogP contribution in [0, 0.1) is 0 Å². The summed E-state index contributed by atoms with van der Waals surface area (Å²) in [6.45, 7) is 0. The predicted molar refractivity (Wildman–Crippen MR) is 51.3 cm³/mol. The van der Waals surface area contributed by atoms with Crippen molar-refractivity contribution >= 4 is 164 Å². The summed E-state index contributed by atoms with van der Waals surface area (Å²) >= 11 is 0. The first-order valence-corrected chi connectivity index (χ1v) is 0. The van der Waals surface area contributed by atoms with Gasteiger partial charge in [0.1, 0.15) is 0 Å². The second kappa shape index (κ2) is 31.3. The van der Waals surface area contributed by atoms with Crippen molar-refractivity contribution in [2.45, 2.75) is 0 Å². The van der Waals surface area contributed by atoms with E-state index >= 15 is 0 Å². The fourth-order valence-electron chi connectivity index (χ4n) is 0. The van der Waals surface area contributed by atoms with Crippen molar-refractivity contribution < 1.29 is 0 Å². The van der Waals surface area contributed by atoms with E-state index < -0.39 is 0 Å². The molecule has 0 aromatic heterocycles. The molecule has 0 aliphatic heterocycles. The Morgan fingerprint density at radius 1 is 0.167 bits per heavy atom. The maximum atomic E-state index is 0. The first-order valence-electron chi connectivity index (χ1n) is 0. The van der Waals surface area contributed by atoms with Gasteiger partial charge in [0.15, 0.2) is 0 Å². The Labute approximate surface area is 159 Å². The molecule has 0 N–H and O–H groups in total. The van der Waals surface area contributed by atoms with E-state index in [9.17, 15) is 0 Å². The van der Waals surface area contributed by atoms with Crippen LogP contribution in [0.3, 0.4) is 0 Å². The van der Waals surface area contributed by atoms with E-state index in [4.69, 9.17) is 0 Å². The molecule has 0 amide bonds. The third-order valence-electron chi connectivity index (χ3n) is 0. The number of rotatable bonds is 0. The molecule has 0 nitrogen and oxygen atoms in total. The van der Waals surface area contributed by atoms with Crippen molar-refractivity contribution in [3.8, 4) is 0 Å². The standard InChI is InChI=1S/6Pb.12H. The van der Waals surface area contributed by atoms with Crippen LogP contribution in [0.25, 0.3) is 0 Å². The Hall–Kier alpha value is 5.53. The van der Waals surface area contributed by atoms with Crippen molar-refractivity contribution in [3.63, 3.8) is 0 Å². The van der Waals surface area contributed by atoms with Crippen LogP contribution in [-0.4, -0.2) is 164 Å². The van der Waals surface area contributed by atoms with E-state index in [2.05, 4.69) is 0 Å². The minimum absolute atomic E-state index is 0. The second-order valence-electron chi connectivity index (χ2n) is 0. The van der Waals surface area contributed by atoms with E-state index in [0.29, 0.717) is 0 Å². The van der Waals surface area contributed by atoms with Gasteiger partial charge in [-0.15, -0.1) is 0 Å². The quantitative estimate of drug-likeness (QED) is 0.213. The van der Waals surface area contributed by atoms with E-state index in [1.54, 1.807) is 0 Å². The number of hydrogen-bond donors (Lipinski definition) is 0. The van der Waals surface area contributed by atoms with Gasteiger partial charge >= 0.3 is 164 Å². The van der Waals surface area contributed by atoms with Gasteiger partial charge in [0, 0.05) is 0 Å². The SMILES string of the molecule is [PbH2].[PbH2].[PbH2].[PbH2].[PbH2].[PbH2]. The molecular formula is H12Pb6. The van der Waals surface area contributed by atoms with Gasteiger partial charge in [-0.25, -0.2) is 0 Å². The first-order chi connectivity index (χ1) is 0. The molecule has 0 bridgehead atoms. The van der Waals surface area contributed by atoms with Gasteiger partial charge in [-0.05, 0) is 0 Å². The minimum atomic E-state index is 0. The van der Waals surface area contributed by atoms with Crippen molar-refractivity contribution in [2.75, 3.05) is 0 Å². The molecule has 0 aliphatic carbocycles. The average Bonchev–Trinajstić information content (AvgIpc) is 0. The summed E-state index contributed by atoms with van der Waals surface area (Å²) in [4.78, 5) is 0. The Kier molecular flexibility index (Phi) is 218. The molecule has 0 heterocycles. The van der Waals surface area contributed by atoms with Crippen LogP contribution in [-0.2, 0) is 0 Å². The molecule has 0 rings (SSSR count). The Morgan fingerprint density at radius 2 is 0.167 bits per heavy atom. The molecule has 12 radical (unpaired) electrons. The van der Waals surface area contributed by atoms with Crippen LogP contribution in [0.4, 0.5) is 0 Å². The normalized spacial score (nSPS) is 0. The zero-order valence-electron chi connectivity index (χ0n) is 4.24. The van der Waals surface area contributed by atoms with Crippen LogP contribution < -0.4 is 0 Å². The average molecular weight is 1260 g/mol. The molecule has 0 atom stereocenters. The zero-order valence-corrected chi connectivity index (χ0v) is 37.2. The van der Waals surface area contributed by atoms with Gasteiger partial charge in [0.2, 0.25) is 0 Å². The molecule has 0 fully saturated rings.